The van der Waals surface area contributed by atoms with Crippen LogP contribution in [-0.2, 0) is 23.0 Å². The largest absolute Gasteiger partial charge is 0.372 e. The van der Waals surface area contributed by atoms with Gasteiger partial charge in [-0.3, -0.25) is 18.3 Å². The van der Waals surface area contributed by atoms with Gasteiger partial charge in [-0.25, -0.2) is 0 Å². The molecule has 0 saturated heterocycles. The van der Waals surface area contributed by atoms with Crippen LogP contribution in [0.4, 0.5) is 0 Å². The molecule has 0 unspecified atom stereocenters. The van der Waals surface area contributed by atoms with Crippen LogP contribution >= 0.6 is 30.4 Å². The van der Waals surface area contributed by atoms with Crippen LogP contribution < -0.4 is 10.6 Å². The Labute approximate surface area is 180 Å². The fourth-order valence-electron chi connectivity index (χ4n) is 1.68. The van der Waals surface area contributed by atoms with E-state index in [4.69, 9.17) is 39.1 Å². The maximum atomic E-state index is 11.0. The normalized spacial score (nSPS) is 13.0. The highest BCUT2D eigenvalue weighted by atomic mass is 31.2. The molecule has 0 atom stereocenters. The van der Waals surface area contributed by atoms with Crippen molar-refractivity contribution in [3.05, 3.63) is 0 Å². The number of rotatable bonds is 12. The Balaban J connectivity index is -0.000000460. The van der Waals surface area contributed by atoms with Crippen LogP contribution in [0.3, 0.4) is 0 Å². The molecule has 0 amide bonds. The Hall–Kier alpha value is 0.440. The van der Waals surface area contributed by atoms with E-state index in [9.17, 15) is 23.4 Å². The maximum Gasteiger partial charge on any atom is 0.369 e. The monoisotopic (exact) mass is 542 g/mol. The summed E-state index contributed by atoms with van der Waals surface area (Å²) in [5.74, 6) is 0. The van der Waals surface area contributed by atoms with E-state index in [1.54, 1.807) is 7.05 Å². The van der Waals surface area contributed by atoms with E-state index < -0.39 is 48.2 Å². The molecule has 20 heteroatoms. The maximum absolute atomic E-state index is 11.0. The zero-order valence-corrected chi connectivity index (χ0v) is 20.9. The van der Waals surface area contributed by atoms with Gasteiger partial charge in [-0.2, -0.15) is 0 Å². The quantitative estimate of drug-likeness (QED) is 0.103. The summed E-state index contributed by atoms with van der Waals surface area (Å²) in [7, 11) is -13.8. The standard InChI is InChI=1S/C7H19NO7P2.C2H8NO3P.C2H7O4P/c1-8-6-4-2-3-5-7(9,16(10,11)12)17(13,14)15;1-3-2-7(4,5)6;1-6-2-7(3,4)5/h8-9H,2-6H2,1H3,(H2,10,11,12)(H2,13,14,15);3H,2H2,1H3,(H2,4,5,6);2H2,1H3,(H2,3,4,5). The van der Waals surface area contributed by atoms with Crippen molar-refractivity contribution in [1.82, 2.24) is 10.6 Å². The highest BCUT2D eigenvalue weighted by Gasteiger charge is 2.58. The second-order valence-corrected chi connectivity index (χ2v) is 13.3. The average molecular weight is 542 g/mol. The molecule has 11 N–H and O–H groups in total. The third kappa shape index (κ3) is 20.8. The van der Waals surface area contributed by atoms with Crippen molar-refractivity contribution in [3.63, 3.8) is 0 Å². The number of hydrogen-bond donors (Lipinski definition) is 11. The molecule has 16 nitrogen and oxygen atoms in total. The van der Waals surface area contributed by atoms with Crippen molar-refractivity contribution in [2.45, 2.75) is 30.8 Å². The summed E-state index contributed by atoms with van der Waals surface area (Å²) in [6.45, 7) is 0.685. The Bertz CT molecular complexity index is 607. The Morgan fingerprint density at radius 3 is 1.39 bits per heavy atom. The average Bonchev–Trinajstić information content (AvgIpc) is 2.51. The Morgan fingerprint density at radius 2 is 1.19 bits per heavy atom. The molecule has 0 aliphatic rings. The number of hydrogen-bond acceptors (Lipinski definition) is 8. The van der Waals surface area contributed by atoms with Crippen molar-refractivity contribution in [2.24, 2.45) is 0 Å². The topological polar surface area (TPSA) is 284 Å². The molecule has 0 bridgehead atoms. The SMILES string of the molecule is CNCCCCCC(O)(P(=O)(O)O)P(=O)(O)O.CNCP(=O)(O)O.COCP(=O)(O)O. The van der Waals surface area contributed by atoms with Gasteiger partial charge in [-0.1, -0.05) is 6.42 Å². The van der Waals surface area contributed by atoms with Gasteiger partial charge < -0.3 is 59.6 Å². The number of ether oxygens (including phenoxy) is 1. The molecule has 0 aromatic carbocycles. The highest BCUT2D eigenvalue weighted by Crippen LogP contribution is 2.69. The van der Waals surface area contributed by atoms with Gasteiger partial charge in [0.2, 0.25) is 0 Å². The van der Waals surface area contributed by atoms with Gasteiger partial charge in [0.15, 0.2) is 0 Å². The first-order chi connectivity index (χ1) is 13.7. The molecule has 0 radical (unpaired) electrons. The molecule has 0 fully saturated rings. The van der Waals surface area contributed by atoms with Gasteiger partial charge in [-0.05, 0) is 39.9 Å². The molecule has 0 saturated carbocycles. The highest BCUT2D eigenvalue weighted by molar-refractivity contribution is 7.72. The first kappa shape index (κ1) is 36.0. The molecule has 0 aliphatic heterocycles. The van der Waals surface area contributed by atoms with Crippen LogP contribution in [0.5, 0.6) is 0 Å². The smallest absolute Gasteiger partial charge is 0.369 e. The van der Waals surface area contributed by atoms with Gasteiger partial charge in [0.25, 0.3) is 5.08 Å². The van der Waals surface area contributed by atoms with Crippen molar-refractivity contribution < 1.29 is 67.3 Å². The summed E-state index contributed by atoms with van der Waals surface area (Å²) in [6, 6.07) is 0. The molecule has 31 heavy (non-hydrogen) atoms. The zero-order chi connectivity index (χ0) is 25.6. The molecular weight excluding hydrogens is 508 g/mol. The van der Waals surface area contributed by atoms with Crippen molar-refractivity contribution >= 4 is 30.4 Å². The van der Waals surface area contributed by atoms with E-state index in [-0.39, 0.29) is 12.7 Å². The van der Waals surface area contributed by atoms with E-state index in [0.717, 1.165) is 0 Å². The van der Waals surface area contributed by atoms with Gasteiger partial charge >= 0.3 is 30.4 Å². The first-order valence-corrected chi connectivity index (χ1v) is 15.2. The van der Waals surface area contributed by atoms with E-state index in [0.29, 0.717) is 19.4 Å². The van der Waals surface area contributed by atoms with E-state index in [1.165, 1.54) is 14.2 Å². The lowest BCUT2D eigenvalue weighted by Crippen LogP contribution is -2.28. The summed E-state index contributed by atoms with van der Waals surface area (Å²) < 4.78 is 45.7. The molecule has 0 heterocycles. The summed E-state index contributed by atoms with van der Waals surface area (Å²) >= 11 is 0. The fourth-order valence-corrected chi connectivity index (χ4v) is 4.68. The Kier molecular flexibility index (Phi) is 18.7. The molecule has 0 aromatic rings. The zero-order valence-electron chi connectivity index (χ0n) is 17.3. The number of nitrogens with one attached hydrogen (secondary N) is 2. The second kappa shape index (κ2) is 16.1. The van der Waals surface area contributed by atoms with Crippen LogP contribution in [0, 0.1) is 0 Å². The molecule has 192 valence electrons. The lowest BCUT2D eigenvalue weighted by molar-refractivity contribution is 0.120. The summed E-state index contributed by atoms with van der Waals surface area (Å²) in [6.07, 6.45) is -0.0578. The van der Waals surface area contributed by atoms with Crippen molar-refractivity contribution in [3.8, 4) is 0 Å². The molecular formula is C11H34N2O14P4. The van der Waals surface area contributed by atoms with Gasteiger partial charge in [-0.15, -0.1) is 0 Å². The summed E-state index contributed by atoms with van der Waals surface area (Å²) in [4.78, 5) is 67.5. The lowest BCUT2D eigenvalue weighted by atomic mass is 10.2. The van der Waals surface area contributed by atoms with Crippen LogP contribution in [0.25, 0.3) is 0 Å². The molecule has 0 spiro atoms. The van der Waals surface area contributed by atoms with E-state index in [1.807, 2.05) is 0 Å². The van der Waals surface area contributed by atoms with Crippen LogP contribution in [-0.4, -0.2) is 89.7 Å². The first-order valence-electron chi connectivity index (χ1n) is 8.39. The minimum absolute atomic E-state index is 0.119. The molecule has 0 rings (SSSR count). The van der Waals surface area contributed by atoms with Crippen LogP contribution in [0.1, 0.15) is 25.7 Å². The van der Waals surface area contributed by atoms with Crippen LogP contribution in [0.15, 0.2) is 0 Å². The molecule has 0 aromatic heterocycles. The second-order valence-electron chi connectivity index (χ2n) is 6.04. The number of unbranched alkanes of at least 4 members (excludes halogenated alkanes) is 2. The predicted molar refractivity (Wildman–Crippen MR) is 111 cm³/mol. The minimum atomic E-state index is -5.29. The predicted octanol–water partition coefficient (Wildman–Crippen LogP) is -1.12. The fraction of sp³-hybridized carbons (Fsp3) is 1.00. The summed E-state index contributed by atoms with van der Waals surface area (Å²) in [5, 5.41) is 11.4. The summed E-state index contributed by atoms with van der Waals surface area (Å²) in [5.41, 5.74) is 0. The van der Waals surface area contributed by atoms with Crippen LogP contribution in [0.2, 0.25) is 0 Å². The van der Waals surface area contributed by atoms with E-state index >= 15 is 0 Å². The lowest BCUT2D eigenvalue weighted by Gasteiger charge is -2.29. The van der Waals surface area contributed by atoms with Gasteiger partial charge in [0.05, 0.1) is 6.29 Å². The third-order valence-corrected chi connectivity index (χ3v) is 8.23. The van der Waals surface area contributed by atoms with E-state index in [2.05, 4.69) is 15.4 Å². The third-order valence-electron chi connectivity index (χ3n) is 3.03. The molecule has 0 aliphatic carbocycles. The van der Waals surface area contributed by atoms with Gasteiger partial charge in [0, 0.05) is 7.11 Å². The number of aliphatic hydroxyl groups is 1. The van der Waals surface area contributed by atoms with Gasteiger partial charge in [0.1, 0.15) is 6.35 Å². The number of methoxy groups -OCH3 is 1. The minimum Gasteiger partial charge on any atom is -0.372 e. The Morgan fingerprint density at radius 1 is 0.742 bits per heavy atom. The van der Waals surface area contributed by atoms with Crippen molar-refractivity contribution in [1.29, 1.82) is 0 Å². The van der Waals surface area contributed by atoms with Crippen molar-refractivity contribution in [2.75, 3.05) is 40.4 Å².